The van der Waals surface area contributed by atoms with Crippen LogP contribution in [0.3, 0.4) is 0 Å². The van der Waals surface area contributed by atoms with Crippen molar-refractivity contribution in [2.24, 2.45) is 5.92 Å². The lowest BCUT2D eigenvalue weighted by Gasteiger charge is -2.52. The van der Waals surface area contributed by atoms with Crippen LogP contribution in [0.2, 0.25) is 0 Å². The number of hydrogen-bond acceptors (Lipinski definition) is 2. The maximum atomic E-state index is 11.4. The summed E-state index contributed by atoms with van der Waals surface area (Å²) in [5, 5.41) is 12.8. The third-order valence-electron chi connectivity index (χ3n) is 6.14. The van der Waals surface area contributed by atoms with Crippen LogP contribution in [0.1, 0.15) is 37.1 Å². The third-order valence-corrected chi connectivity index (χ3v) is 6.14. The Kier molecular flexibility index (Phi) is 2.75. The van der Waals surface area contributed by atoms with E-state index in [-0.39, 0.29) is 5.92 Å². The largest absolute Gasteiger partial charge is 0.375 e. The average molecular weight is 306 g/mol. The van der Waals surface area contributed by atoms with Gasteiger partial charge in [-0.15, -0.1) is 5.92 Å². The Morgan fingerprint density at radius 1 is 1.26 bits per heavy atom. The van der Waals surface area contributed by atoms with Crippen LogP contribution in [0.4, 0.5) is 0 Å². The first-order valence-corrected chi connectivity index (χ1v) is 8.73. The molecule has 1 saturated heterocycles. The normalized spacial score (nSPS) is 32.3. The van der Waals surface area contributed by atoms with Crippen molar-refractivity contribution in [1.82, 2.24) is 9.47 Å². The van der Waals surface area contributed by atoms with Gasteiger partial charge in [-0.05, 0) is 44.4 Å². The number of aliphatic hydroxyl groups is 1. The molecular weight excluding hydrogens is 284 g/mol. The van der Waals surface area contributed by atoms with Gasteiger partial charge in [-0.25, -0.2) is 0 Å². The molecule has 1 fully saturated rings. The predicted molar refractivity (Wildman–Crippen MR) is 91.1 cm³/mol. The molecule has 0 bridgehead atoms. The van der Waals surface area contributed by atoms with Gasteiger partial charge in [0.25, 0.3) is 0 Å². The van der Waals surface area contributed by atoms with Crippen LogP contribution in [-0.2, 0) is 13.0 Å². The SMILES string of the molecule is CC#CC1(O)Cn2c3c(c4ccccc42)CCN2CCCC1C32. The van der Waals surface area contributed by atoms with Crippen molar-refractivity contribution in [3.8, 4) is 11.8 Å². The molecule has 0 radical (unpaired) electrons. The average Bonchev–Trinajstić information content (AvgIpc) is 2.89. The first-order chi connectivity index (χ1) is 11.2. The van der Waals surface area contributed by atoms with Gasteiger partial charge in [-0.3, -0.25) is 4.90 Å². The Hall–Kier alpha value is -1.76. The fourth-order valence-electron chi connectivity index (χ4n) is 5.31. The van der Waals surface area contributed by atoms with Crippen molar-refractivity contribution < 1.29 is 5.11 Å². The summed E-state index contributed by atoms with van der Waals surface area (Å²) in [4.78, 5) is 2.59. The van der Waals surface area contributed by atoms with Crippen LogP contribution in [-0.4, -0.2) is 33.3 Å². The van der Waals surface area contributed by atoms with Crippen molar-refractivity contribution in [2.75, 3.05) is 13.1 Å². The molecule has 1 aromatic carbocycles. The number of para-hydroxylation sites is 1. The summed E-state index contributed by atoms with van der Waals surface area (Å²) in [5.41, 5.74) is 3.34. The number of nitrogens with zero attached hydrogens (tertiary/aromatic N) is 2. The molecule has 3 heteroatoms. The van der Waals surface area contributed by atoms with Gasteiger partial charge in [-0.2, -0.15) is 0 Å². The predicted octanol–water partition coefficient (Wildman–Crippen LogP) is 2.72. The van der Waals surface area contributed by atoms with Crippen molar-refractivity contribution in [2.45, 2.75) is 44.4 Å². The summed E-state index contributed by atoms with van der Waals surface area (Å²) in [6, 6.07) is 9.01. The van der Waals surface area contributed by atoms with Gasteiger partial charge in [0.2, 0.25) is 0 Å². The van der Waals surface area contributed by atoms with E-state index in [9.17, 15) is 5.11 Å². The van der Waals surface area contributed by atoms with E-state index in [1.807, 2.05) is 6.92 Å². The number of hydrogen-bond donors (Lipinski definition) is 1. The number of benzene rings is 1. The molecule has 0 amide bonds. The first kappa shape index (κ1) is 13.7. The molecule has 4 heterocycles. The smallest absolute Gasteiger partial charge is 0.147 e. The molecule has 118 valence electrons. The molecule has 5 rings (SSSR count). The number of fused-ring (bicyclic) bond motifs is 3. The quantitative estimate of drug-likeness (QED) is 0.758. The summed E-state index contributed by atoms with van der Waals surface area (Å²) in [6.45, 7) is 4.71. The molecular formula is C20H22N2O. The molecule has 2 aromatic rings. The third kappa shape index (κ3) is 1.68. The van der Waals surface area contributed by atoms with Crippen LogP contribution in [0.25, 0.3) is 10.9 Å². The summed E-state index contributed by atoms with van der Waals surface area (Å²) < 4.78 is 2.37. The summed E-state index contributed by atoms with van der Waals surface area (Å²) in [5.74, 6) is 6.41. The monoisotopic (exact) mass is 306 g/mol. The standard InChI is InChI=1S/C20H22N2O/c1-2-10-20(23)13-22-17-8-4-3-6-14(17)15-9-12-21-11-5-7-16(20)19(21)18(15)22/h3-4,6,8,16,19,23H,5,7,9,11-13H2,1H3. The molecule has 0 spiro atoms. The highest BCUT2D eigenvalue weighted by molar-refractivity contribution is 5.86. The number of piperidine rings is 1. The Labute approximate surface area is 136 Å². The van der Waals surface area contributed by atoms with E-state index in [4.69, 9.17) is 0 Å². The highest BCUT2D eigenvalue weighted by atomic mass is 16.3. The van der Waals surface area contributed by atoms with E-state index in [0.29, 0.717) is 12.6 Å². The fraction of sp³-hybridized carbons (Fsp3) is 0.500. The van der Waals surface area contributed by atoms with Crippen molar-refractivity contribution in [3.63, 3.8) is 0 Å². The molecule has 3 atom stereocenters. The minimum absolute atomic E-state index is 0.236. The molecule has 0 aliphatic carbocycles. The molecule has 3 aliphatic heterocycles. The maximum absolute atomic E-state index is 11.4. The molecule has 0 saturated carbocycles. The lowest BCUT2D eigenvalue weighted by atomic mass is 9.71. The minimum Gasteiger partial charge on any atom is -0.375 e. The van der Waals surface area contributed by atoms with E-state index >= 15 is 0 Å². The Bertz CT molecular complexity index is 856. The Morgan fingerprint density at radius 2 is 2.13 bits per heavy atom. The fourth-order valence-corrected chi connectivity index (χ4v) is 5.31. The zero-order chi connectivity index (χ0) is 15.6. The molecule has 3 unspecified atom stereocenters. The van der Waals surface area contributed by atoms with Crippen molar-refractivity contribution in [1.29, 1.82) is 0 Å². The second-order valence-corrected chi connectivity index (χ2v) is 7.25. The zero-order valence-corrected chi connectivity index (χ0v) is 13.5. The van der Waals surface area contributed by atoms with E-state index in [1.54, 1.807) is 0 Å². The number of aromatic nitrogens is 1. The second-order valence-electron chi connectivity index (χ2n) is 7.25. The summed E-state index contributed by atoms with van der Waals surface area (Å²) in [7, 11) is 0. The number of rotatable bonds is 0. The summed E-state index contributed by atoms with van der Waals surface area (Å²) >= 11 is 0. The van der Waals surface area contributed by atoms with Gasteiger partial charge < -0.3 is 9.67 Å². The highest BCUT2D eigenvalue weighted by Crippen LogP contribution is 2.51. The van der Waals surface area contributed by atoms with E-state index in [0.717, 1.165) is 25.9 Å². The van der Waals surface area contributed by atoms with E-state index < -0.39 is 5.60 Å². The van der Waals surface area contributed by atoms with Gasteiger partial charge in [0.15, 0.2) is 0 Å². The van der Waals surface area contributed by atoms with Gasteiger partial charge in [-0.1, -0.05) is 24.1 Å². The van der Waals surface area contributed by atoms with E-state index in [2.05, 4.69) is 45.6 Å². The molecule has 1 aromatic heterocycles. The van der Waals surface area contributed by atoms with Crippen LogP contribution in [0.15, 0.2) is 24.3 Å². The van der Waals surface area contributed by atoms with Gasteiger partial charge in [0, 0.05) is 29.1 Å². The molecule has 1 N–H and O–H groups in total. The van der Waals surface area contributed by atoms with Gasteiger partial charge in [0.1, 0.15) is 5.60 Å². The Morgan fingerprint density at radius 3 is 3.00 bits per heavy atom. The second kappa shape index (κ2) is 4.63. The lowest BCUT2D eigenvalue weighted by Crippen LogP contribution is -2.56. The molecule has 3 nitrogen and oxygen atoms in total. The molecule has 3 aliphatic rings. The minimum atomic E-state index is -0.901. The van der Waals surface area contributed by atoms with Crippen LogP contribution in [0.5, 0.6) is 0 Å². The van der Waals surface area contributed by atoms with Gasteiger partial charge >= 0.3 is 0 Å². The van der Waals surface area contributed by atoms with Crippen LogP contribution in [0, 0.1) is 17.8 Å². The lowest BCUT2D eigenvalue weighted by molar-refractivity contribution is -0.0705. The Balaban J connectivity index is 1.83. The van der Waals surface area contributed by atoms with Crippen LogP contribution < -0.4 is 0 Å². The van der Waals surface area contributed by atoms with E-state index in [1.165, 1.54) is 28.6 Å². The molecule has 23 heavy (non-hydrogen) atoms. The topological polar surface area (TPSA) is 28.4 Å². The first-order valence-electron chi connectivity index (χ1n) is 8.73. The highest BCUT2D eigenvalue weighted by Gasteiger charge is 2.52. The van der Waals surface area contributed by atoms with Gasteiger partial charge in [0.05, 0.1) is 12.6 Å². The summed E-state index contributed by atoms with van der Waals surface area (Å²) in [6.07, 6.45) is 3.38. The van der Waals surface area contributed by atoms with Crippen LogP contribution >= 0.6 is 0 Å². The maximum Gasteiger partial charge on any atom is 0.147 e. The van der Waals surface area contributed by atoms with Crippen molar-refractivity contribution in [3.05, 3.63) is 35.5 Å². The zero-order valence-electron chi connectivity index (χ0n) is 13.5. The van der Waals surface area contributed by atoms with Crippen molar-refractivity contribution >= 4 is 10.9 Å².